The summed E-state index contributed by atoms with van der Waals surface area (Å²) in [5.41, 5.74) is 16.3. The van der Waals surface area contributed by atoms with Crippen LogP contribution in [0.2, 0.25) is 26.2 Å². The minimum atomic E-state index is 0. The van der Waals surface area contributed by atoms with Crippen molar-refractivity contribution in [1.29, 1.82) is 0 Å². The van der Waals surface area contributed by atoms with E-state index >= 15 is 0 Å². The molecular weight excluding hydrogens is 1350 g/mol. The van der Waals surface area contributed by atoms with E-state index in [1.165, 1.54) is 156 Å². The maximum atomic E-state index is 3.45. The van der Waals surface area contributed by atoms with Gasteiger partial charge >= 0.3 is 83.2 Å². The van der Waals surface area contributed by atoms with Gasteiger partial charge in [-0.25, -0.2) is 22.3 Å². The fraction of sp³-hybridized carbons (Fsp3) is 0.222. The molecule has 8 aromatic rings. The summed E-state index contributed by atoms with van der Waals surface area (Å²) in [7, 11) is 0. The Morgan fingerprint density at radius 2 is 0.462 bits per heavy atom. The molecule has 0 spiro atoms. The smallest absolute Gasteiger partial charge is 1.00 e. The van der Waals surface area contributed by atoms with E-state index in [-0.39, 0.29) is 35.8 Å². The second kappa shape index (κ2) is 30.9. The Hall–Kier alpha value is -4.53. The minimum Gasteiger partial charge on any atom is -1.00 e. The maximum absolute atomic E-state index is 3.45. The zero-order valence-corrected chi connectivity index (χ0v) is 58.2. The van der Waals surface area contributed by atoms with Crippen molar-refractivity contribution in [3.05, 3.63) is 263 Å². The fourth-order valence-corrected chi connectivity index (χ4v) is 10.4. The van der Waals surface area contributed by atoms with Gasteiger partial charge in [-0.05, 0) is 43.1 Å². The van der Waals surface area contributed by atoms with Gasteiger partial charge in [0.05, 0.1) is 0 Å². The van der Waals surface area contributed by atoms with Crippen LogP contribution in [0.4, 0.5) is 0 Å². The quantitative estimate of drug-likeness (QED) is 0.122. The number of hydrogen-bond donors (Lipinski definition) is 0. The third-order valence-electron chi connectivity index (χ3n) is 13.4. The van der Waals surface area contributed by atoms with Gasteiger partial charge < -0.3 is 24.8 Å². The molecular formula is C72H72Cl2Hf2Si2-2. The van der Waals surface area contributed by atoms with Crippen molar-refractivity contribution in [2.24, 2.45) is 23.7 Å². The van der Waals surface area contributed by atoms with Gasteiger partial charge in [-0.15, -0.1) is 0 Å². The Kier molecular flexibility index (Phi) is 25.5. The second-order valence-electron chi connectivity index (χ2n) is 20.7. The molecule has 0 amide bonds. The summed E-state index contributed by atoms with van der Waals surface area (Å²) < 4.78 is 0. The van der Waals surface area contributed by atoms with Gasteiger partial charge in [-0.1, -0.05) is 271 Å². The molecule has 0 radical (unpaired) electrons. The van der Waals surface area contributed by atoms with Gasteiger partial charge in [0.15, 0.2) is 0 Å². The van der Waals surface area contributed by atoms with Crippen LogP contribution >= 0.6 is 0 Å². The van der Waals surface area contributed by atoms with Crippen molar-refractivity contribution < 1.29 is 70.8 Å². The first-order valence-corrected chi connectivity index (χ1v) is 42.5. The third-order valence-corrected chi connectivity index (χ3v) is 13.4. The molecule has 392 valence electrons. The van der Waals surface area contributed by atoms with E-state index in [1.807, 2.05) is 0 Å². The molecule has 4 aliphatic carbocycles. The zero-order valence-electron chi connectivity index (χ0n) is 47.5. The van der Waals surface area contributed by atoms with Gasteiger partial charge in [0.25, 0.3) is 0 Å². The molecule has 0 fully saturated rings. The van der Waals surface area contributed by atoms with Crippen molar-refractivity contribution in [3.8, 4) is 0 Å². The van der Waals surface area contributed by atoms with Gasteiger partial charge in [0.1, 0.15) is 0 Å². The van der Waals surface area contributed by atoms with E-state index in [1.54, 1.807) is 0 Å². The van der Waals surface area contributed by atoms with Crippen LogP contribution in [0, 0.1) is 48.0 Å². The monoisotopic (exact) mass is 1420 g/mol. The average Bonchev–Trinajstić information content (AvgIpc) is 4.15. The standard InChI is InChI=1S/4C17H15.2C2H6Si.2ClH.2Hf/c4*1-12-10-13(2)17(11-12)16-9-5-7-14-6-3-4-8-15(14)16;2*1-3-2;;;;/h4*3-9,11-12H,1-2H3;2*1-2H3;2*1H;;/q4*-1;;;;;2*+2/p-2. The Bertz CT molecular complexity index is 3190. The molecule has 0 nitrogen and oxygen atoms in total. The van der Waals surface area contributed by atoms with Crippen LogP contribution in [-0.2, 0) is 46.0 Å². The van der Waals surface area contributed by atoms with Crippen LogP contribution in [0.25, 0.3) is 65.4 Å². The first-order chi connectivity index (χ1) is 36.5. The topological polar surface area (TPSA) is 0 Å². The predicted molar refractivity (Wildman–Crippen MR) is 329 cm³/mol. The van der Waals surface area contributed by atoms with Crippen LogP contribution in [0.3, 0.4) is 0 Å². The zero-order chi connectivity index (χ0) is 54.5. The van der Waals surface area contributed by atoms with Crippen LogP contribution in [-0.4, -0.2) is 11.0 Å². The second-order valence-corrected chi connectivity index (χ2v) is 46.2. The number of rotatable bonds is 4. The summed E-state index contributed by atoms with van der Waals surface area (Å²) in [6, 6.07) is 60.3. The molecule has 4 atom stereocenters. The van der Waals surface area contributed by atoms with E-state index in [0.29, 0.717) is 23.7 Å². The molecule has 0 saturated heterocycles. The van der Waals surface area contributed by atoms with Gasteiger partial charge in [-0.2, -0.15) is 46.6 Å². The summed E-state index contributed by atoms with van der Waals surface area (Å²) in [6.45, 7) is 26.6. The van der Waals surface area contributed by atoms with Crippen molar-refractivity contribution in [2.75, 3.05) is 0 Å². The van der Waals surface area contributed by atoms with Crippen molar-refractivity contribution >= 4 is 76.4 Å². The molecule has 0 bridgehead atoms. The summed E-state index contributed by atoms with van der Waals surface area (Å²) in [5.74, 6) is 1.74. The molecule has 6 heteroatoms. The van der Waals surface area contributed by atoms with Gasteiger partial charge in [0, 0.05) is 0 Å². The molecule has 0 aromatic heterocycles. The minimum absolute atomic E-state index is 0. The number of hydrogen-bond acceptors (Lipinski definition) is 0. The predicted octanol–water partition coefficient (Wildman–Crippen LogP) is 14.1. The molecule has 4 unspecified atom stereocenters. The van der Waals surface area contributed by atoms with Crippen LogP contribution < -0.4 is 24.8 Å². The largest absolute Gasteiger partial charge is 1.00 e. The molecule has 78 heavy (non-hydrogen) atoms. The number of allylic oxidation sites excluding steroid dienone is 16. The molecule has 8 aromatic carbocycles. The molecule has 0 saturated carbocycles. The molecule has 4 aliphatic rings. The van der Waals surface area contributed by atoms with Crippen LogP contribution in [0.15, 0.2) is 216 Å². The Morgan fingerprint density at radius 1 is 0.295 bits per heavy atom. The Balaban J connectivity index is 0.000000181. The van der Waals surface area contributed by atoms with Crippen LogP contribution in [0.1, 0.15) is 77.6 Å². The first-order valence-electron chi connectivity index (χ1n) is 26.7. The number of fused-ring (bicyclic) bond motifs is 4. The molecule has 0 aliphatic heterocycles. The van der Waals surface area contributed by atoms with E-state index < -0.39 is 0 Å². The maximum Gasteiger partial charge on any atom is -1.00 e. The number of halogens is 2. The SMILES string of the molecule is CC1=[C-]C(C)C=C1c1cccc2ccccc12.CC1=[C-]C(C)C=C1c1cccc2ccccc12.CC1=[C-]C(C)C=C1c1cccc2ccccc12.CC1=[C-]C(C)C=C1c1cccc2ccccc12.C[Si](C)=[Hf+2].C[Si](C)=[Hf+2].[Cl-].[Cl-]. The summed E-state index contributed by atoms with van der Waals surface area (Å²) in [4.78, 5) is 0. The van der Waals surface area contributed by atoms with E-state index in [4.69, 9.17) is 0 Å². The Labute approximate surface area is 510 Å². The van der Waals surface area contributed by atoms with E-state index in [0.717, 1.165) is 0 Å². The molecule has 12 rings (SSSR count). The Morgan fingerprint density at radius 3 is 0.628 bits per heavy atom. The fourth-order valence-electron chi connectivity index (χ4n) is 10.4. The average molecular weight is 1420 g/mol. The van der Waals surface area contributed by atoms with Crippen molar-refractivity contribution in [2.45, 2.75) is 81.6 Å². The van der Waals surface area contributed by atoms with Gasteiger partial charge in [-0.3, -0.25) is 24.3 Å². The van der Waals surface area contributed by atoms with Crippen LogP contribution in [0.5, 0.6) is 0 Å². The molecule has 0 heterocycles. The normalized spacial score (nSPS) is 17.5. The first kappa shape index (κ1) is 64.3. The number of benzene rings is 8. The van der Waals surface area contributed by atoms with E-state index in [9.17, 15) is 0 Å². The summed E-state index contributed by atoms with van der Waals surface area (Å²) in [6.07, 6.45) is 23.0. The van der Waals surface area contributed by atoms with Crippen molar-refractivity contribution in [1.82, 2.24) is 0 Å². The summed E-state index contributed by atoms with van der Waals surface area (Å²) >= 11 is 2.90. The van der Waals surface area contributed by atoms with Crippen molar-refractivity contribution in [3.63, 3.8) is 0 Å². The van der Waals surface area contributed by atoms with E-state index in [2.05, 4.69) is 300 Å². The molecule has 0 N–H and O–H groups in total. The van der Waals surface area contributed by atoms with Gasteiger partial charge in [0.2, 0.25) is 0 Å². The summed E-state index contributed by atoms with van der Waals surface area (Å²) in [5, 5.41) is 10.5. The third kappa shape index (κ3) is 17.2.